The number of carbonyl (C=O) groups excluding carboxylic acids is 2. The van der Waals surface area contributed by atoms with Gasteiger partial charge in [0, 0.05) is 28.3 Å². The molecule has 2 aromatic carbocycles. The van der Waals surface area contributed by atoms with Crippen molar-refractivity contribution in [2.45, 2.75) is 64.0 Å². The van der Waals surface area contributed by atoms with Gasteiger partial charge in [-0.2, -0.15) is 4.99 Å². The lowest BCUT2D eigenvalue weighted by molar-refractivity contribution is -0.119. The van der Waals surface area contributed by atoms with Gasteiger partial charge in [-0.15, -0.1) is 0 Å². The molecular formula is C29H36BrN3O7S2. The highest BCUT2D eigenvalue weighted by atomic mass is 79.9. The highest BCUT2D eigenvalue weighted by Gasteiger charge is 2.50. The van der Waals surface area contributed by atoms with Crippen LogP contribution in [0.4, 0.5) is 10.5 Å². The zero-order valence-electron chi connectivity index (χ0n) is 24.3. The number of nitrogens with one attached hydrogen (secondary N) is 1. The molecule has 3 atom stereocenters. The van der Waals surface area contributed by atoms with E-state index >= 15 is 0 Å². The number of hydrogen-bond donors (Lipinski definition) is 1. The Morgan fingerprint density at radius 1 is 1.10 bits per heavy atom. The van der Waals surface area contributed by atoms with Gasteiger partial charge in [0.1, 0.15) is 11.6 Å². The second kappa shape index (κ2) is 13.3. The number of amidine groups is 1. The summed E-state index contributed by atoms with van der Waals surface area (Å²) in [5.74, 6) is 0.350. The van der Waals surface area contributed by atoms with Crippen LogP contribution in [0.25, 0.3) is 0 Å². The van der Waals surface area contributed by atoms with E-state index in [0.717, 1.165) is 5.56 Å². The van der Waals surface area contributed by atoms with Crippen molar-refractivity contribution in [1.29, 1.82) is 0 Å². The van der Waals surface area contributed by atoms with Gasteiger partial charge in [-0.1, -0.05) is 42.1 Å². The second-order valence-electron chi connectivity index (χ2n) is 10.9. The number of halogens is 1. The van der Waals surface area contributed by atoms with Crippen LogP contribution in [0.1, 0.15) is 40.2 Å². The Bertz CT molecular complexity index is 1450. The van der Waals surface area contributed by atoms with Gasteiger partial charge in [-0.3, -0.25) is 4.79 Å². The number of thioether (sulfide) groups is 1. The smallest absolute Gasteiger partial charge is 0.408 e. The van der Waals surface area contributed by atoms with Gasteiger partial charge in [-0.05, 0) is 56.1 Å². The van der Waals surface area contributed by atoms with Crippen molar-refractivity contribution in [3.05, 3.63) is 52.5 Å². The third-order valence-electron chi connectivity index (χ3n) is 6.42. The Hall–Kier alpha value is -2.77. The molecule has 2 aliphatic rings. The Kier molecular flexibility index (Phi) is 10.1. The van der Waals surface area contributed by atoms with Crippen LogP contribution in [0, 0.1) is 0 Å². The topological polar surface area (TPSA) is 124 Å². The third kappa shape index (κ3) is 7.99. The summed E-state index contributed by atoms with van der Waals surface area (Å²) in [6.45, 7) is 9.79. The summed E-state index contributed by atoms with van der Waals surface area (Å²) in [5.41, 5.74) is 0.683. The molecule has 0 unspecified atom stereocenters. The molecule has 1 N–H and O–H groups in total. The average Bonchev–Trinajstić information content (AvgIpc) is 3.35. The third-order valence-corrected chi connectivity index (χ3v) is 10.3. The van der Waals surface area contributed by atoms with Gasteiger partial charge in [0.25, 0.3) is 5.91 Å². The number of sulfone groups is 1. The number of aliphatic imine (C=N–C) groups is 1. The van der Waals surface area contributed by atoms with E-state index < -0.39 is 39.5 Å². The van der Waals surface area contributed by atoms with Gasteiger partial charge in [-0.25, -0.2) is 13.2 Å². The standard InChI is InChI=1S/C29H36BrN3O7S2/c1-6-38-23-14-19(30)21(15-24(23)39-7-2)33-22-16-42(36,37)17-25(22)41-27(33)32-26(34)20(13-18-11-9-8-10-12-18)31-28(35)40-29(3,4)5/h8-12,14-15,20,22,25H,6-7,13,16-17H2,1-5H3,(H,31,35)/t20-,22-,25+/m0/s1. The second-order valence-corrected chi connectivity index (χ2v) is 15.1. The van der Waals surface area contributed by atoms with Crippen molar-refractivity contribution >= 4 is 60.4 Å². The van der Waals surface area contributed by atoms with Crippen LogP contribution in [-0.2, 0) is 25.8 Å². The molecule has 2 saturated heterocycles. The number of hydrogen-bond acceptors (Lipinski definition) is 8. The number of anilines is 1. The highest BCUT2D eigenvalue weighted by Crippen LogP contribution is 2.46. The first-order valence-corrected chi connectivity index (χ1v) is 17.2. The lowest BCUT2D eigenvalue weighted by atomic mass is 10.1. The van der Waals surface area contributed by atoms with Crippen LogP contribution in [0.5, 0.6) is 11.5 Å². The lowest BCUT2D eigenvalue weighted by Crippen LogP contribution is -2.45. The Morgan fingerprint density at radius 3 is 2.36 bits per heavy atom. The van der Waals surface area contributed by atoms with E-state index in [0.29, 0.717) is 40.0 Å². The van der Waals surface area contributed by atoms with Gasteiger partial charge in [0.15, 0.2) is 26.5 Å². The maximum absolute atomic E-state index is 13.7. The van der Waals surface area contributed by atoms with Crippen molar-refractivity contribution < 1.29 is 32.2 Å². The maximum atomic E-state index is 13.7. The predicted octanol–water partition coefficient (Wildman–Crippen LogP) is 4.98. The molecule has 2 aromatic rings. The summed E-state index contributed by atoms with van der Waals surface area (Å²) in [6, 6.07) is 11.4. The normalized spacial score (nSPS) is 21.1. The van der Waals surface area contributed by atoms with Crippen molar-refractivity contribution in [2.75, 3.05) is 29.6 Å². The average molecular weight is 683 g/mol. The van der Waals surface area contributed by atoms with Crippen molar-refractivity contribution in [2.24, 2.45) is 4.99 Å². The Labute approximate surface area is 259 Å². The molecule has 2 amide bonds. The van der Waals surface area contributed by atoms with E-state index in [2.05, 4.69) is 26.2 Å². The summed E-state index contributed by atoms with van der Waals surface area (Å²) in [5, 5.41) is 2.72. The number of amides is 2. The van der Waals surface area contributed by atoms with E-state index in [1.165, 1.54) is 11.8 Å². The molecule has 0 saturated carbocycles. The minimum Gasteiger partial charge on any atom is -0.490 e. The molecule has 2 heterocycles. The summed E-state index contributed by atoms with van der Waals surface area (Å²) in [7, 11) is -3.29. The number of fused-ring (bicyclic) bond motifs is 1. The van der Waals surface area contributed by atoms with E-state index in [4.69, 9.17) is 14.2 Å². The molecule has 0 aromatic heterocycles. The number of benzene rings is 2. The molecule has 4 rings (SSSR count). The Balaban J connectivity index is 1.73. The molecule has 13 heteroatoms. The molecule has 2 fully saturated rings. The fourth-order valence-electron chi connectivity index (χ4n) is 4.76. The fraction of sp³-hybridized carbons (Fsp3) is 0.483. The van der Waals surface area contributed by atoms with Crippen molar-refractivity contribution in [3.8, 4) is 11.5 Å². The molecule has 0 radical (unpaired) electrons. The number of nitrogens with zero attached hydrogens (tertiary/aromatic N) is 2. The summed E-state index contributed by atoms with van der Waals surface area (Å²) in [4.78, 5) is 32.7. The molecular weight excluding hydrogens is 646 g/mol. The van der Waals surface area contributed by atoms with Gasteiger partial charge >= 0.3 is 6.09 Å². The molecule has 2 aliphatic heterocycles. The summed E-state index contributed by atoms with van der Waals surface area (Å²) < 4.78 is 42.9. The molecule has 42 heavy (non-hydrogen) atoms. The molecule has 0 aliphatic carbocycles. The van der Waals surface area contributed by atoms with Crippen molar-refractivity contribution in [1.82, 2.24) is 5.32 Å². The fourth-order valence-corrected chi connectivity index (χ4v) is 9.19. The largest absolute Gasteiger partial charge is 0.490 e. The number of rotatable bonds is 9. The van der Waals surface area contributed by atoms with Crippen LogP contribution >= 0.6 is 27.7 Å². The van der Waals surface area contributed by atoms with E-state index in [1.54, 1.807) is 37.8 Å². The molecule has 10 nitrogen and oxygen atoms in total. The first-order valence-electron chi connectivity index (χ1n) is 13.7. The first-order chi connectivity index (χ1) is 19.8. The van der Waals surface area contributed by atoms with E-state index in [-0.39, 0.29) is 23.2 Å². The minimum absolute atomic E-state index is 0.0252. The van der Waals surface area contributed by atoms with Crippen LogP contribution < -0.4 is 19.7 Å². The number of alkyl carbamates (subject to hydrolysis) is 1. The number of carbonyl (C=O) groups is 2. The summed E-state index contributed by atoms with van der Waals surface area (Å²) >= 11 is 4.87. The van der Waals surface area contributed by atoms with Crippen LogP contribution in [-0.4, -0.2) is 73.2 Å². The first kappa shape index (κ1) is 32.2. The lowest BCUT2D eigenvalue weighted by Gasteiger charge is -2.27. The molecule has 0 bridgehead atoms. The summed E-state index contributed by atoms with van der Waals surface area (Å²) in [6.07, 6.45) is -0.533. The molecule has 0 spiro atoms. The highest BCUT2D eigenvalue weighted by molar-refractivity contribution is 9.10. The quantitative estimate of drug-likeness (QED) is 0.390. The van der Waals surface area contributed by atoms with Crippen LogP contribution in [0.3, 0.4) is 0 Å². The van der Waals surface area contributed by atoms with Crippen LogP contribution in [0.2, 0.25) is 0 Å². The van der Waals surface area contributed by atoms with Gasteiger partial charge in [0.05, 0.1) is 36.4 Å². The predicted molar refractivity (Wildman–Crippen MR) is 169 cm³/mol. The number of ether oxygens (including phenoxy) is 3. The maximum Gasteiger partial charge on any atom is 0.408 e. The van der Waals surface area contributed by atoms with Crippen LogP contribution in [0.15, 0.2) is 51.9 Å². The SMILES string of the molecule is CCOc1cc(Br)c(N2C(=NC(=O)[C@H](Cc3ccccc3)NC(=O)OC(C)(C)C)S[C@@H]3CS(=O)(=O)C[C@@H]32)cc1OCC. The monoisotopic (exact) mass is 681 g/mol. The minimum atomic E-state index is -3.29. The van der Waals surface area contributed by atoms with Gasteiger partial charge < -0.3 is 24.4 Å². The zero-order valence-corrected chi connectivity index (χ0v) is 27.5. The van der Waals surface area contributed by atoms with E-state index in [9.17, 15) is 18.0 Å². The molecule has 228 valence electrons. The van der Waals surface area contributed by atoms with Gasteiger partial charge in [0.2, 0.25) is 0 Å². The zero-order chi connectivity index (χ0) is 30.7. The Morgan fingerprint density at radius 2 is 1.74 bits per heavy atom. The van der Waals surface area contributed by atoms with E-state index in [1.807, 2.05) is 44.2 Å². The van der Waals surface area contributed by atoms with Crippen molar-refractivity contribution in [3.63, 3.8) is 0 Å².